The molecule has 1 aliphatic rings. The number of hydrogen-bond donors (Lipinski definition) is 2. The third kappa shape index (κ3) is 3.26. The monoisotopic (exact) mass is 225 g/mol. The average molecular weight is 225 g/mol. The number of nitrogens with zero attached hydrogens (tertiary/aromatic N) is 1. The first-order valence-electron chi connectivity index (χ1n) is 5.76. The summed E-state index contributed by atoms with van der Waals surface area (Å²) >= 11 is 1.83. The van der Waals surface area contributed by atoms with Crippen LogP contribution in [-0.4, -0.2) is 24.1 Å². The molecule has 4 heteroatoms. The van der Waals surface area contributed by atoms with Gasteiger partial charge in [0.15, 0.2) is 0 Å². The van der Waals surface area contributed by atoms with Gasteiger partial charge in [0.05, 0.1) is 0 Å². The molecule has 0 atom stereocenters. The molecule has 0 aliphatic carbocycles. The Balaban J connectivity index is 1.76. The fourth-order valence-corrected chi connectivity index (χ4v) is 2.66. The number of aromatic nitrogens is 1. The number of rotatable bonds is 4. The highest BCUT2D eigenvalue weighted by atomic mass is 32.1. The fourth-order valence-electron chi connectivity index (χ4n) is 1.85. The van der Waals surface area contributed by atoms with Crippen molar-refractivity contribution in [3.8, 4) is 0 Å². The molecule has 2 rings (SSSR count). The second-order valence-electron chi connectivity index (χ2n) is 3.98. The van der Waals surface area contributed by atoms with E-state index in [0.29, 0.717) is 6.04 Å². The molecule has 0 spiro atoms. The number of thiazole rings is 1. The van der Waals surface area contributed by atoms with E-state index < -0.39 is 0 Å². The highest BCUT2D eigenvalue weighted by Crippen LogP contribution is 2.13. The van der Waals surface area contributed by atoms with Crippen molar-refractivity contribution in [2.75, 3.05) is 13.1 Å². The quantitative estimate of drug-likeness (QED) is 0.816. The first-order valence-corrected chi connectivity index (χ1v) is 6.58. The molecule has 2 heterocycles. The molecule has 2 N–H and O–H groups in total. The van der Waals surface area contributed by atoms with E-state index in [1.807, 2.05) is 17.5 Å². The second-order valence-corrected chi connectivity index (χ2v) is 5.18. The van der Waals surface area contributed by atoms with Gasteiger partial charge < -0.3 is 10.6 Å². The van der Waals surface area contributed by atoms with Crippen LogP contribution in [0.15, 0.2) is 6.20 Å². The van der Waals surface area contributed by atoms with Gasteiger partial charge in [-0.2, -0.15) is 0 Å². The van der Waals surface area contributed by atoms with Crippen LogP contribution in [0.2, 0.25) is 0 Å². The molecule has 1 saturated heterocycles. The van der Waals surface area contributed by atoms with E-state index in [4.69, 9.17) is 0 Å². The molecular weight excluding hydrogens is 206 g/mol. The van der Waals surface area contributed by atoms with E-state index >= 15 is 0 Å². The predicted molar refractivity (Wildman–Crippen MR) is 64.2 cm³/mol. The number of hydrogen-bond acceptors (Lipinski definition) is 4. The Labute approximate surface area is 95.3 Å². The normalized spacial score (nSPS) is 18.2. The maximum Gasteiger partial charge on any atom is 0.107 e. The highest BCUT2D eigenvalue weighted by Gasteiger charge is 2.12. The van der Waals surface area contributed by atoms with Gasteiger partial charge in [-0.25, -0.2) is 4.98 Å². The van der Waals surface area contributed by atoms with Gasteiger partial charge >= 0.3 is 0 Å². The van der Waals surface area contributed by atoms with Crippen LogP contribution < -0.4 is 10.6 Å². The Morgan fingerprint density at radius 3 is 3.00 bits per heavy atom. The lowest BCUT2D eigenvalue weighted by molar-refractivity contribution is 0.386. The van der Waals surface area contributed by atoms with Crippen molar-refractivity contribution in [1.29, 1.82) is 0 Å². The maximum absolute atomic E-state index is 4.41. The summed E-state index contributed by atoms with van der Waals surface area (Å²) in [6.45, 7) is 5.42. The summed E-state index contributed by atoms with van der Waals surface area (Å²) in [5.74, 6) is 0. The number of piperidine rings is 1. The van der Waals surface area contributed by atoms with Gasteiger partial charge in [0.1, 0.15) is 5.01 Å². The molecule has 84 valence electrons. The highest BCUT2D eigenvalue weighted by molar-refractivity contribution is 7.11. The number of nitrogens with one attached hydrogen (secondary N) is 2. The van der Waals surface area contributed by atoms with Gasteiger partial charge in [-0.05, 0) is 32.4 Å². The third-order valence-corrected chi connectivity index (χ3v) is 3.97. The second kappa shape index (κ2) is 5.58. The Morgan fingerprint density at radius 2 is 2.33 bits per heavy atom. The van der Waals surface area contributed by atoms with Crippen LogP contribution in [0.25, 0.3) is 0 Å². The molecule has 0 amide bonds. The van der Waals surface area contributed by atoms with Gasteiger partial charge in [-0.3, -0.25) is 0 Å². The van der Waals surface area contributed by atoms with E-state index in [9.17, 15) is 0 Å². The van der Waals surface area contributed by atoms with Crippen LogP contribution in [-0.2, 0) is 13.0 Å². The molecule has 0 saturated carbocycles. The molecule has 1 aromatic rings. The zero-order chi connectivity index (χ0) is 10.5. The smallest absolute Gasteiger partial charge is 0.107 e. The lowest BCUT2D eigenvalue weighted by atomic mass is 10.1. The summed E-state index contributed by atoms with van der Waals surface area (Å²) in [4.78, 5) is 5.80. The zero-order valence-electron chi connectivity index (χ0n) is 9.25. The fraction of sp³-hybridized carbons (Fsp3) is 0.727. The summed E-state index contributed by atoms with van der Waals surface area (Å²) in [5.41, 5.74) is 0. The minimum absolute atomic E-state index is 0.681. The van der Waals surface area contributed by atoms with Crippen LogP contribution in [0.5, 0.6) is 0 Å². The molecule has 0 unspecified atom stereocenters. The minimum Gasteiger partial charge on any atom is -0.317 e. The van der Waals surface area contributed by atoms with Crippen molar-refractivity contribution < 1.29 is 0 Å². The Bertz CT molecular complexity index is 292. The van der Waals surface area contributed by atoms with Crippen LogP contribution in [0, 0.1) is 0 Å². The van der Waals surface area contributed by atoms with Crippen molar-refractivity contribution in [1.82, 2.24) is 15.6 Å². The van der Waals surface area contributed by atoms with Crippen LogP contribution in [0.4, 0.5) is 0 Å². The van der Waals surface area contributed by atoms with Crippen molar-refractivity contribution >= 4 is 11.3 Å². The molecule has 0 bridgehead atoms. The molecule has 3 nitrogen and oxygen atoms in total. The van der Waals surface area contributed by atoms with Gasteiger partial charge in [-0.1, -0.05) is 6.92 Å². The summed E-state index contributed by atoms with van der Waals surface area (Å²) < 4.78 is 0. The summed E-state index contributed by atoms with van der Waals surface area (Å²) in [5, 5.41) is 8.18. The topological polar surface area (TPSA) is 37.0 Å². The lowest BCUT2D eigenvalue weighted by Crippen LogP contribution is -2.39. The van der Waals surface area contributed by atoms with Crippen molar-refractivity contribution in [3.63, 3.8) is 0 Å². The van der Waals surface area contributed by atoms with Gasteiger partial charge in [-0.15, -0.1) is 11.3 Å². The van der Waals surface area contributed by atoms with Crippen LogP contribution >= 0.6 is 11.3 Å². The van der Waals surface area contributed by atoms with E-state index in [1.165, 1.54) is 22.7 Å². The van der Waals surface area contributed by atoms with Crippen LogP contribution in [0.3, 0.4) is 0 Å². The average Bonchev–Trinajstić information content (AvgIpc) is 2.76. The molecule has 15 heavy (non-hydrogen) atoms. The van der Waals surface area contributed by atoms with Gasteiger partial charge in [0.25, 0.3) is 0 Å². The van der Waals surface area contributed by atoms with Gasteiger partial charge in [0, 0.05) is 23.7 Å². The summed E-state index contributed by atoms with van der Waals surface area (Å²) in [6.07, 6.45) is 5.59. The van der Waals surface area contributed by atoms with Crippen molar-refractivity contribution in [3.05, 3.63) is 16.1 Å². The van der Waals surface area contributed by atoms with E-state index in [1.54, 1.807) is 0 Å². The number of aryl methyl sites for hydroxylation is 1. The molecular formula is C11H19N3S. The molecule has 0 radical (unpaired) electrons. The van der Waals surface area contributed by atoms with Gasteiger partial charge in [0.2, 0.25) is 0 Å². The summed E-state index contributed by atoms with van der Waals surface area (Å²) in [6, 6.07) is 0.681. The van der Waals surface area contributed by atoms with E-state index in [2.05, 4.69) is 22.5 Å². The third-order valence-electron chi connectivity index (χ3n) is 2.83. The Morgan fingerprint density at radius 1 is 1.53 bits per heavy atom. The predicted octanol–water partition coefficient (Wildman–Crippen LogP) is 1.55. The molecule has 0 aromatic carbocycles. The van der Waals surface area contributed by atoms with E-state index in [0.717, 1.165) is 26.1 Å². The Kier molecular flexibility index (Phi) is 4.11. The van der Waals surface area contributed by atoms with Crippen LogP contribution in [0.1, 0.15) is 29.7 Å². The first kappa shape index (κ1) is 11.0. The van der Waals surface area contributed by atoms with Crippen molar-refractivity contribution in [2.45, 2.75) is 38.8 Å². The van der Waals surface area contributed by atoms with Crippen molar-refractivity contribution in [2.24, 2.45) is 0 Å². The lowest BCUT2D eigenvalue weighted by Gasteiger charge is -2.23. The zero-order valence-corrected chi connectivity index (χ0v) is 10.1. The van der Waals surface area contributed by atoms with E-state index in [-0.39, 0.29) is 0 Å². The largest absolute Gasteiger partial charge is 0.317 e. The Hall–Kier alpha value is -0.450. The summed E-state index contributed by atoms with van der Waals surface area (Å²) in [7, 11) is 0. The maximum atomic E-state index is 4.41. The molecule has 1 aliphatic heterocycles. The SMILES string of the molecule is CCc1cnc(CNC2CCNCC2)s1. The minimum atomic E-state index is 0.681. The molecule has 1 aromatic heterocycles. The molecule has 1 fully saturated rings. The standard InChI is InChI=1S/C11H19N3S/c1-2-10-7-14-11(15-10)8-13-9-3-5-12-6-4-9/h7,9,12-13H,2-6,8H2,1H3. The first-order chi connectivity index (χ1) is 7.38.